The zero-order valence-corrected chi connectivity index (χ0v) is 58.9. The van der Waals surface area contributed by atoms with E-state index in [2.05, 4.69) is 40.4 Å². The van der Waals surface area contributed by atoms with Crippen LogP contribution < -0.4 is 32.3 Å². The number of likely N-dealkylation sites (N-methyl/N-ethyl adjacent to an activating group) is 1. The lowest BCUT2D eigenvalue weighted by atomic mass is 10.1. The number of nitrogens with one attached hydrogen (secondary N) is 5. The summed E-state index contributed by atoms with van der Waals surface area (Å²) in [5.41, 5.74) is 4.85. The Morgan fingerprint density at radius 1 is 0.374 bits per heavy atom. The highest BCUT2D eigenvalue weighted by molar-refractivity contribution is 5.85. The van der Waals surface area contributed by atoms with E-state index in [0.717, 1.165) is 114 Å². The van der Waals surface area contributed by atoms with Gasteiger partial charge in [0.05, 0.1) is 39.3 Å². The number of ketones is 6. The minimum absolute atomic E-state index is 0.00839. The molecule has 0 aromatic heterocycles. The molecule has 0 spiro atoms. The van der Waals surface area contributed by atoms with Crippen LogP contribution in [0.25, 0.3) is 0 Å². The Morgan fingerprint density at radius 2 is 0.692 bits per heavy atom. The summed E-state index contributed by atoms with van der Waals surface area (Å²) in [5.74, 6) is -1.65. The van der Waals surface area contributed by atoms with E-state index in [1.807, 2.05) is 41.5 Å². The number of unbranched alkanes of at least 4 members (excludes halogenated alkanes) is 14. The molecule has 0 aliphatic rings. The van der Waals surface area contributed by atoms with Crippen molar-refractivity contribution in [2.45, 2.75) is 274 Å². The third-order valence-corrected chi connectivity index (χ3v) is 12.9. The molecule has 0 fully saturated rings. The number of ether oxygens (including phenoxy) is 1. The van der Waals surface area contributed by atoms with Crippen molar-refractivity contribution in [3.05, 3.63) is 0 Å². The quantitative estimate of drug-likeness (QED) is 0.0263. The summed E-state index contributed by atoms with van der Waals surface area (Å²) in [6.45, 7) is 21.6. The Balaban J connectivity index is -0.000000246. The summed E-state index contributed by atoms with van der Waals surface area (Å²) in [5, 5.41) is 30.4. The maximum absolute atomic E-state index is 11.9. The fraction of sp³-hybridized carbons (Fsp3) is 0.806. The second kappa shape index (κ2) is 69.9. The smallest absolute Gasteiger partial charge is 0.407 e. The molecule has 91 heavy (non-hydrogen) atoms. The summed E-state index contributed by atoms with van der Waals surface area (Å²) in [6, 6.07) is 0. The molecule has 0 atom stereocenters. The number of aliphatic carboxylic acids is 2. The molecule has 9 N–H and O–H groups in total. The Morgan fingerprint density at radius 3 is 1.01 bits per heavy atom. The molecule has 24 nitrogen and oxygen atoms in total. The maximum atomic E-state index is 11.9. The van der Waals surface area contributed by atoms with Crippen molar-refractivity contribution in [1.29, 1.82) is 0 Å². The van der Waals surface area contributed by atoms with Crippen molar-refractivity contribution in [3.8, 4) is 0 Å². The monoisotopic (exact) mass is 1300 g/mol. The molecular weight excluding hydrogens is 1170 g/mol. The van der Waals surface area contributed by atoms with Crippen LogP contribution in [0.3, 0.4) is 0 Å². The number of nitrogens with zero attached hydrogens (tertiary/aromatic N) is 2. The molecule has 0 bridgehead atoms. The molecule has 0 aromatic rings. The second-order valence-electron chi connectivity index (χ2n) is 23.2. The van der Waals surface area contributed by atoms with Gasteiger partial charge in [0.15, 0.2) is 0 Å². The third-order valence-electron chi connectivity index (χ3n) is 12.9. The molecular formula is C67H128N8O16. The van der Waals surface area contributed by atoms with Crippen LogP contribution in [0.4, 0.5) is 4.79 Å². The average Bonchev–Trinajstić information content (AvgIpc) is 3.56. The summed E-state index contributed by atoms with van der Waals surface area (Å²) >= 11 is 0. The van der Waals surface area contributed by atoms with E-state index in [0.29, 0.717) is 88.4 Å². The van der Waals surface area contributed by atoms with Crippen molar-refractivity contribution in [1.82, 2.24) is 36.4 Å². The van der Waals surface area contributed by atoms with Gasteiger partial charge in [0.2, 0.25) is 23.6 Å². The van der Waals surface area contributed by atoms with Crippen LogP contribution in [0.1, 0.15) is 269 Å². The Hall–Kier alpha value is -6.01. The molecule has 0 aromatic carbocycles. The van der Waals surface area contributed by atoms with Crippen LogP contribution >= 0.6 is 0 Å². The number of amides is 5. The fourth-order valence-electron chi connectivity index (χ4n) is 7.57. The molecule has 0 aliphatic carbocycles. The van der Waals surface area contributed by atoms with Crippen molar-refractivity contribution >= 4 is 76.4 Å². The third kappa shape index (κ3) is 88.2. The predicted molar refractivity (Wildman–Crippen MR) is 360 cm³/mol. The lowest BCUT2D eigenvalue weighted by molar-refractivity contribution is -0.143. The molecule has 0 saturated heterocycles. The lowest BCUT2D eigenvalue weighted by Gasteiger charge is -2.19. The highest BCUT2D eigenvalue weighted by Crippen LogP contribution is 2.08. The fourth-order valence-corrected chi connectivity index (χ4v) is 7.57. The van der Waals surface area contributed by atoms with E-state index in [1.54, 1.807) is 20.9 Å². The highest BCUT2D eigenvalue weighted by atomic mass is 16.6. The molecule has 0 aliphatic heterocycles. The van der Waals surface area contributed by atoms with Gasteiger partial charge < -0.3 is 56.9 Å². The number of rotatable bonds is 49. The minimum atomic E-state index is -1.19. The standard InChI is InChI=1S/C16H29N3O4.C13H22N2O6.C13H25NO3.C9H18O.2C8H17NO/c1-4-14(21)10-19(11-15(22)17-3)12-16(23)18-9-7-5-6-8-13(2)20;1-10(16)5-3-2-4-6-14-11(17)7-15(8-12(18)19)9-13(20)21;1-5-11(15)9-7-6-8-10-14-12(16)17-13(2,3)4;1-3-5-6-7-8-9(10)4-2;1-3-4-5-6-7-8(10)9-2;1-2-8(10)6-4-3-5-7-9/h4-12H2,1-3H3,(H,17,22)(H,18,23);2-9H2,1H3,(H,14,17)(H,18,19)(H,20,21);5-10H2,1-4H3,(H,14,16);3-8H2,1-2H3;3-7H2,1-2H3,(H,9,10);2-7,9H2,1H3. The lowest BCUT2D eigenvalue weighted by Crippen LogP contribution is -2.44. The first kappa shape index (κ1) is 96.1. The molecule has 532 valence electrons. The van der Waals surface area contributed by atoms with Crippen LogP contribution in [-0.2, 0) is 62.3 Å². The van der Waals surface area contributed by atoms with Gasteiger partial charge in [-0.05, 0) is 105 Å². The number of nitrogens with two attached hydrogens (primary N) is 1. The molecule has 0 radical (unpaired) electrons. The van der Waals surface area contributed by atoms with Crippen molar-refractivity contribution in [3.63, 3.8) is 0 Å². The molecule has 5 amide bonds. The Labute approximate surface area is 547 Å². The maximum Gasteiger partial charge on any atom is 0.407 e. The van der Waals surface area contributed by atoms with Crippen LogP contribution in [0.2, 0.25) is 0 Å². The van der Waals surface area contributed by atoms with Crippen molar-refractivity contribution < 1.29 is 77.3 Å². The van der Waals surface area contributed by atoms with Gasteiger partial charge in [0.1, 0.15) is 40.3 Å². The van der Waals surface area contributed by atoms with Crippen LogP contribution in [0.5, 0.6) is 0 Å². The molecule has 24 heteroatoms. The first-order valence-electron chi connectivity index (χ1n) is 33.5. The number of carbonyl (C=O) groups is 13. The van der Waals surface area contributed by atoms with E-state index >= 15 is 0 Å². The zero-order valence-electron chi connectivity index (χ0n) is 58.9. The summed E-state index contributed by atoms with van der Waals surface area (Å²) in [6.07, 6.45) is 26.3. The summed E-state index contributed by atoms with van der Waals surface area (Å²) in [7, 11) is 3.20. The number of hydrogen-bond acceptors (Lipinski definition) is 17. The minimum Gasteiger partial charge on any atom is -0.480 e. The zero-order chi connectivity index (χ0) is 70.7. The van der Waals surface area contributed by atoms with Gasteiger partial charge in [-0.15, -0.1) is 0 Å². The van der Waals surface area contributed by atoms with Gasteiger partial charge in [-0.2, -0.15) is 0 Å². The van der Waals surface area contributed by atoms with E-state index in [1.165, 1.54) is 57.4 Å². The van der Waals surface area contributed by atoms with Gasteiger partial charge in [-0.1, -0.05) is 106 Å². The number of hydrogen-bond donors (Lipinski definition) is 8. The number of carboxylic acids is 2. The average molecular weight is 1300 g/mol. The van der Waals surface area contributed by atoms with E-state index in [9.17, 15) is 62.3 Å². The van der Waals surface area contributed by atoms with Crippen LogP contribution in [0, 0.1) is 0 Å². The van der Waals surface area contributed by atoms with Gasteiger partial charge in [-0.25, -0.2) is 4.79 Å². The van der Waals surface area contributed by atoms with Crippen LogP contribution in [0.15, 0.2) is 0 Å². The van der Waals surface area contributed by atoms with Crippen molar-refractivity contribution in [2.24, 2.45) is 5.73 Å². The second-order valence-corrected chi connectivity index (χ2v) is 23.2. The molecule has 0 heterocycles. The molecule has 0 unspecified atom stereocenters. The largest absolute Gasteiger partial charge is 0.480 e. The summed E-state index contributed by atoms with van der Waals surface area (Å²) < 4.78 is 5.10. The number of Topliss-reactive ketones (excluding diaryl/α,β-unsaturated/α-hetero) is 6. The number of carbonyl (C=O) groups excluding carboxylic acids is 11. The Kier molecular flexibility index (Phi) is 73.8. The summed E-state index contributed by atoms with van der Waals surface area (Å²) in [4.78, 5) is 146. The van der Waals surface area contributed by atoms with Crippen LogP contribution in [-0.4, -0.2) is 182 Å². The van der Waals surface area contributed by atoms with E-state index < -0.39 is 36.5 Å². The van der Waals surface area contributed by atoms with Gasteiger partial charge >= 0.3 is 18.0 Å². The normalized spacial score (nSPS) is 10.3. The van der Waals surface area contributed by atoms with E-state index in [4.69, 9.17) is 20.7 Å². The SMILES string of the molecule is CC(=O)CCCCCNC(=O)CN(CC(=O)O)CC(=O)O.CCC(=O)CCCCCN.CCC(=O)CCCCCNC(=O)OC(C)(C)C.CCC(=O)CN(CC(=O)NC)CC(=O)NCCCCCC(C)=O.CCCCCCC(=O)CC.CCCCCCC(=O)NC. The van der Waals surface area contributed by atoms with Gasteiger partial charge in [-0.3, -0.25) is 57.7 Å². The first-order chi connectivity index (χ1) is 43.0. The number of carboxylic acid groups (broad SMARTS) is 2. The topological polar surface area (TPSA) is 364 Å². The molecule has 0 rings (SSSR count). The number of alkyl carbamates (subject to hydrolysis) is 1. The Bertz CT molecular complexity index is 1870. The first-order valence-corrected chi connectivity index (χ1v) is 33.5. The molecule has 0 saturated carbocycles. The van der Waals surface area contributed by atoms with E-state index in [-0.39, 0.29) is 67.3 Å². The van der Waals surface area contributed by atoms with Crippen molar-refractivity contribution in [2.75, 3.05) is 79.5 Å². The van der Waals surface area contributed by atoms with Gasteiger partial charge in [0.25, 0.3) is 0 Å². The van der Waals surface area contributed by atoms with Gasteiger partial charge in [0, 0.05) is 97.9 Å². The predicted octanol–water partition coefficient (Wildman–Crippen LogP) is 9.18. The highest BCUT2D eigenvalue weighted by Gasteiger charge is 2.19.